The van der Waals surface area contributed by atoms with Crippen molar-refractivity contribution in [3.05, 3.63) is 97.3 Å². The second-order valence-corrected chi connectivity index (χ2v) is 9.23. The van der Waals surface area contributed by atoms with Gasteiger partial charge in [0.25, 0.3) is 0 Å². The third-order valence-electron chi connectivity index (χ3n) is 4.64. The van der Waals surface area contributed by atoms with Gasteiger partial charge in [-0.25, -0.2) is 0 Å². The first-order chi connectivity index (χ1) is 12.7. The van der Waals surface area contributed by atoms with E-state index in [0.717, 1.165) is 28.3 Å². The first-order valence-corrected chi connectivity index (χ1v) is 10.4. The van der Waals surface area contributed by atoms with Crippen LogP contribution in [0, 0.1) is 0 Å². The van der Waals surface area contributed by atoms with E-state index in [0.29, 0.717) is 0 Å². The number of hydrogen-bond acceptors (Lipinski definition) is 3. The van der Waals surface area contributed by atoms with Crippen LogP contribution < -0.4 is 20.8 Å². The van der Waals surface area contributed by atoms with Gasteiger partial charge in [-0.3, -0.25) is 0 Å². The Morgan fingerprint density at radius 1 is 0.731 bits per heavy atom. The molecule has 0 radical (unpaired) electrons. The fourth-order valence-electron chi connectivity index (χ4n) is 3.29. The van der Waals surface area contributed by atoms with E-state index < -0.39 is 7.14 Å². The summed E-state index contributed by atoms with van der Waals surface area (Å²) in [6.07, 6.45) is 4.09. The molecule has 26 heavy (non-hydrogen) atoms. The molecule has 0 atom stereocenters. The Morgan fingerprint density at radius 3 is 1.85 bits per heavy atom. The van der Waals surface area contributed by atoms with Gasteiger partial charge in [0.05, 0.1) is 6.67 Å². The fraction of sp³-hybridized carbons (Fsp3) is 0.0909. The number of anilines is 1. The van der Waals surface area contributed by atoms with Crippen LogP contribution in [0.4, 0.5) is 5.69 Å². The number of rotatable bonds is 4. The van der Waals surface area contributed by atoms with E-state index in [1.807, 2.05) is 86.0 Å². The summed E-state index contributed by atoms with van der Waals surface area (Å²) in [5, 5.41) is 2.57. The van der Waals surface area contributed by atoms with E-state index in [4.69, 9.17) is 0 Å². The van der Waals surface area contributed by atoms with Crippen LogP contribution in [0.25, 0.3) is 0 Å². The van der Waals surface area contributed by atoms with Crippen LogP contribution >= 0.6 is 7.14 Å². The van der Waals surface area contributed by atoms with Crippen molar-refractivity contribution in [1.82, 2.24) is 4.90 Å². The zero-order valence-corrected chi connectivity index (χ0v) is 15.6. The molecule has 0 N–H and O–H groups in total. The molecule has 0 aliphatic carbocycles. The quantitative estimate of drug-likeness (QED) is 0.666. The van der Waals surface area contributed by atoms with Gasteiger partial charge < -0.3 is 14.4 Å². The Hall–Kier alpha value is -2.77. The molecule has 0 saturated carbocycles. The molecular weight excluding hydrogens is 339 g/mol. The standard InChI is InChI=1S/C22H21N2OP/c1-23-15-16-24(18-23)19-9-8-14-22(17-19)26(25,20-10-4-2-5-11-20)21-12-6-3-7-13-21/h2-17H,18H2,1H3. The molecule has 130 valence electrons. The zero-order valence-electron chi connectivity index (χ0n) is 14.7. The molecule has 3 nitrogen and oxygen atoms in total. The van der Waals surface area contributed by atoms with Crippen LogP contribution in [0.2, 0.25) is 0 Å². The molecule has 0 unspecified atom stereocenters. The summed E-state index contributed by atoms with van der Waals surface area (Å²) in [4.78, 5) is 4.27. The molecule has 4 heteroatoms. The highest BCUT2D eigenvalue weighted by Crippen LogP contribution is 2.42. The topological polar surface area (TPSA) is 23.6 Å². The van der Waals surface area contributed by atoms with E-state index in [2.05, 4.69) is 28.1 Å². The average Bonchev–Trinajstić information content (AvgIpc) is 3.15. The summed E-state index contributed by atoms with van der Waals surface area (Å²) >= 11 is 0. The Morgan fingerprint density at radius 2 is 1.31 bits per heavy atom. The monoisotopic (exact) mass is 360 g/mol. The summed E-state index contributed by atoms with van der Waals surface area (Å²) in [6.45, 7) is 0.796. The van der Waals surface area contributed by atoms with Crippen molar-refractivity contribution in [2.75, 3.05) is 18.6 Å². The fourth-order valence-corrected chi connectivity index (χ4v) is 5.98. The van der Waals surface area contributed by atoms with Crippen LogP contribution in [-0.4, -0.2) is 18.6 Å². The lowest BCUT2D eigenvalue weighted by Gasteiger charge is -2.23. The lowest BCUT2D eigenvalue weighted by Crippen LogP contribution is -2.26. The minimum absolute atomic E-state index is 0.796. The lowest BCUT2D eigenvalue weighted by molar-refractivity contribution is 0.496. The van der Waals surface area contributed by atoms with E-state index in [1.54, 1.807) is 0 Å². The average molecular weight is 360 g/mol. The van der Waals surface area contributed by atoms with Gasteiger partial charge in [0, 0.05) is 41.0 Å². The normalized spacial score (nSPS) is 14.0. The van der Waals surface area contributed by atoms with Crippen LogP contribution in [-0.2, 0) is 4.57 Å². The Bertz CT molecular complexity index is 926. The molecule has 3 aromatic rings. The van der Waals surface area contributed by atoms with Crippen LogP contribution in [0.5, 0.6) is 0 Å². The summed E-state index contributed by atoms with van der Waals surface area (Å²) in [5.41, 5.74) is 1.05. The van der Waals surface area contributed by atoms with E-state index in [9.17, 15) is 4.57 Å². The molecule has 0 spiro atoms. The maximum absolute atomic E-state index is 14.4. The molecule has 3 aromatic carbocycles. The van der Waals surface area contributed by atoms with Crippen LogP contribution in [0.15, 0.2) is 97.3 Å². The molecule has 1 aliphatic heterocycles. The SMILES string of the molecule is CN1C=CN(c2cccc(P(=O)(c3ccccc3)c3ccccc3)c2)C1. The number of benzene rings is 3. The van der Waals surface area contributed by atoms with Gasteiger partial charge in [0.15, 0.2) is 7.14 Å². The number of hydrogen-bond donors (Lipinski definition) is 0. The molecule has 1 heterocycles. The van der Waals surface area contributed by atoms with Gasteiger partial charge in [-0.15, -0.1) is 0 Å². The first kappa shape index (κ1) is 16.7. The van der Waals surface area contributed by atoms with Crippen molar-refractivity contribution in [2.45, 2.75) is 0 Å². The van der Waals surface area contributed by atoms with Crippen LogP contribution in [0.1, 0.15) is 0 Å². The minimum atomic E-state index is -2.92. The lowest BCUT2D eigenvalue weighted by atomic mass is 10.3. The highest BCUT2D eigenvalue weighted by molar-refractivity contribution is 7.85. The second-order valence-electron chi connectivity index (χ2n) is 6.47. The molecule has 0 fully saturated rings. The van der Waals surface area contributed by atoms with Crippen molar-refractivity contribution in [3.63, 3.8) is 0 Å². The van der Waals surface area contributed by atoms with Crippen molar-refractivity contribution < 1.29 is 4.57 Å². The Kier molecular flexibility index (Phi) is 4.40. The summed E-state index contributed by atoms with van der Waals surface area (Å²) < 4.78 is 14.4. The van der Waals surface area contributed by atoms with E-state index in [-0.39, 0.29) is 0 Å². The molecule has 0 aromatic heterocycles. The summed E-state index contributed by atoms with van der Waals surface area (Å²) in [6, 6.07) is 27.7. The van der Waals surface area contributed by atoms with Gasteiger partial charge in [-0.1, -0.05) is 72.8 Å². The maximum atomic E-state index is 14.4. The highest BCUT2D eigenvalue weighted by atomic mass is 31.2. The Labute approximate surface area is 154 Å². The van der Waals surface area contributed by atoms with Gasteiger partial charge in [-0.05, 0) is 12.1 Å². The van der Waals surface area contributed by atoms with Gasteiger partial charge in [0.2, 0.25) is 0 Å². The molecule has 0 bridgehead atoms. The van der Waals surface area contributed by atoms with Crippen molar-refractivity contribution in [3.8, 4) is 0 Å². The van der Waals surface area contributed by atoms with Gasteiger partial charge in [0.1, 0.15) is 0 Å². The summed E-state index contributed by atoms with van der Waals surface area (Å²) in [7, 11) is -0.882. The summed E-state index contributed by atoms with van der Waals surface area (Å²) in [5.74, 6) is 0. The highest BCUT2D eigenvalue weighted by Gasteiger charge is 2.30. The van der Waals surface area contributed by atoms with Crippen molar-refractivity contribution in [1.29, 1.82) is 0 Å². The van der Waals surface area contributed by atoms with E-state index >= 15 is 0 Å². The van der Waals surface area contributed by atoms with Crippen molar-refractivity contribution in [2.24, 2.45) is 0 Å². The second kappa shape index (κ2) is 6.86. The molecule has 0 amide bonds. The Balaban J connectivity index is 1.86. The van der Waals surface area contributed by atoms with Gasteiger partial charge >= 0.3 is 0 Å². The largest absolute Gasteiger partial charge is 0.361 e. The van der Waals surface area contributed by atoms with Crippen molar-refractivity contribution >= 4 is 28.7 Å². The zero-order chi connectivity index (χ0) is 18.0. The number of nitrogens with zero attached hydrogens (tertiary/aromatic N) is 2. The predicted molar refractivity (Wildman–Crippen MR) is 110 cm³/mol. The third kappa shape index (κ3) is 2.95. The minimum Gasteiger partial charge on any atom is -0.361 e. The molecule has 1 aliphatic rings. The maximum Gasteiger partial charge on any atom is 0.171 e. The predicted octanol–water partition coefficient (Wildman–Crippen LogP) is 3.51. The molecule has 0 saturated heterocycles. The molecular formula is C22H21N2OP. The first-order valence-electron chi connectivity index (χ1n) is 8.65. The van der Waals surface area contributed by atoms with Gasteiger partial charge in [-0.2, -0.15) is 0 Å². The smallest absolute Gasteiger partial charge is 0.171 e. The molecule has 4 rings (SSSR count). The third-order valence-corrected chi connectivity index (χ3v) is 7.70. The van der Waals surface area contributed by atoms with Crippen LogP contribution in [0.3, 0.4) is 0 Å². The van der Waals surface area contributed by atoms with E-state index in [1.165, 1.54) is 0 Å².